The van der Waals surface area contributed by atoms with Crippen molar-refractivity contribution in [2.24, 2.45) is 10.2 Å². The molecule has 2 aromatic rings. The number of rotatable bonds is 6. The summed E-state index contributed by atoms with van der Waals surface area (Å²) in [7, 11) is -9.21. The van der Waals surface area contributed by atoms with Crippen LogP contribution in [-0.4, -0.2) is 54.3 Å². The van der Waals surface area contributed by atoms with Crippen molar-refractivity contribution >= 4 is 60.6 Å². The minimum atomic E-state index is -4.71. The number of hydrogen-bond donors (Lipinski definition) is 5. The molecule has 0 radical (unpaired) electrons. The van der Waals surface area contributed by atoms with Crippen LogP contribution in [0.25, 0.3) is 0 Å². The number of hydrazone groups is 2. The lowest BCUT2D eigenvalue weighted by Gasteiger charge is -2.11. The number of hydrogen-bond acceptors (Lipinski definition) is 10. The van der Waals surface area contributed by atoms with Crippen molar-refractivity contribution in [3.63, 3.8) is 0 Å². The van der Waals surface area contributed by atoms with Gasteiger partial charge < -0.3 is 10.8 Å². The summed E-state index contributed by atoms with van der Waals surface area (Å²) in [6, 6.07) is 7.35. The number of amides is 1. The second-order valence-corrected chi connectivity index (χ2v) is 8.95. The number of nitrogens with two attached hydrogens (primary N) is 1. The number of carboxylic acids is 1. The third-order valence-electron chi connectivity index (χ3n) is 3.97. The number of carboxylic acid groups (broad SMARTS) is 1. The summed E-state index contributed by atoms with van der Waals surface area (Å²) in [4.78, 5) is 23.1. The molecule has 3 rings (SSSR count). The van der Waals surface area contributed by atoms with Crippen LogP contribution in [0.3, 0.4) is 0 Å². The molecule has 0 saturated heterocycles. The van der Waals surface area contributed by atoms with E-state index in [0.29, 0.717) is 5.01 Å². The van der Waals surface area contributed by atoms with Crippen LogP contribution < -0.4 is 16.2 Å². The molecule has 16 heteroatoms. The van der Waals surface area contributed by atoms with Gasteiger partial charge in [0.1, 0.15) is 4.90 Å². The third-order valence-corrected chi connectivity index (χ3v) is 5.75. The normalized spacial score (nSPS) is 15.7. The second kappa shape index (κ2) is 8.00. The number of aliphatic carboxylic acids is 1. The van der Waals surface area contributed by atoms with E-state index < -0.39 is 53.3 Å². The fraction of sp³-hybridized carbons (Fsp3) is 0. The second-order valence-electron chi connectivity index (χ2n) is 6.14. The van der Waals surface area contributed by atoms with Gasteiger partial charge in [-0.05, 0) is 42.5 Å². The van der Waals surface area contributed by atoms with Gasteiger partial charge in [-0.25, -0.2) is 4.79 Å². The van der Waals surface area contributed by atoms with E-state index in [1.54, 1.807) is 0 Å². The van der Waals surface area contributed by atoms with Gasteiger partial charge in [-0.15, -0.1) is 0 Å². The first-order valence-corrected chi connectivity index (χ1v) is 11.1. The average Bonchev–Trinajstić information content (AvgIpc) is 3.01. The zero-order valence-electron chi connectivity index (χ0n) is 15.6. The molecule has 1 aliphatic rings. The Balaban J connectivity index is 1.99. The Morgan fingerprint density at radius 1 is 1.03 bits per heavy atom. The summed E-state index contributed by atoms with van der Waals surface area (Å²) < 4.78 is 63.6. The summed E-state index contributed by atoms with van der Waals surface area (Å²) in [6.45, 7) is 0. The lowest BCUT2D eigenvalue weighted by Crippen LogP contribution is -2.31. The first-order valence-electron chi connectivity index (χ1n) is 8.24. The van der Waals surface area contributed by atoms with Gasteiger partial charge in [0.2, 0.25) is 5.71 Å². The highest BCUT2D eigenvalue weighted by Crippen LogP contribution is 2.25. The first kappa shape index (κ1) is 22.8. The van der Waals surface area contributed by atoms with Crippen molar-refractivity contribution in [3.05, 3.63) is 42.5 Å². The fourth-order valence-electron chi connectivity index (χ4n) is 2.55. The Morgan fingerprint density at radius 3 is 2.19 bits per heavy atom. The van der Waals surface area contributed by atoms with Crippen LogP contribution >= 0.6 is 0 Å². The Hall–Kier alpha value is -3.86. The van der Waals surface area contributed by atoms with Crippen LogP contribution in [0.1, 0.15) is 0 Å². The van der Waals surface area contributed by atoms with Gasteiger partial charge in [0, 0.05) is 5.69 Å². The van der Waals surface area contributed by atoms with Gasteiger partial charge in [0.05, 0.1) is 16.3 Å². The molecule has 0 aromatic heterocycles. The number of nitrogen functional groups attached to an aromatic ring is 1. The molecule has 1 aliphatic heterocycles. The number of anilines is 3. The molecule has 168 valence electrons. The number of benzene rings is 2. The summed E-state index contributed by atoms with van der Waals surface area (Å²) in [5.41, 5.74) is 5.92. The van der Waals surface area contributed by atoms with Crippen molar-refractivity contribution in [2.75, 3.05) is 16.2 Å². The van der Waals surface area contributed by atoms with Crippen LogP contribution in [-0.2, 0) is 29.8 Å². The van der Waals surface area contributed by atoms with Crippen molar-refractivity contribution in [2.45, 2.75) is 9.79 Å². The predicted molar refractivity (Wildman–Crippen MR) is 111 cm³/mol. The number of nitrogens with zero attached hydrogens (tertiary/aromatic N) is 3. The smallest absolute Gasteiger partial charge is 0.358 e. The summed E-state index contributed by atoms with van der Waals surface area (Å²) in [5, 5.41) is 17.2. The monoisotopic (exact) mass is 483 g/mol. The van der Waals surface area contributed by atoms with Crippen molar-refractivity contribution in [1.82, 2.24) is 0 Å². The summed E-state index contributed by atoms with van der Waals surface area (Å²) in [6.07, 6.45) is 0. The zero-order valence-corrected chi connectivity index (χ0v) is 17.2. The van der Waals surface area contributed by atoms with E-state index in [4.69, 9.17) is 10.3 Å². The molecule has 2 aromatic carbocycles. The molecule has 0 spiro atoms. The third kappa shape index (κ3) is 4.57. The standard InChI is InChI=1S/C16H13N5O9S2/c17-8-1-6-12(32(28,29)30)11(7-8)18-19-13-14(16(23)24)20-21(15(13)22)9-2-4-10(5-3-9)31(25,26)27/h1-7,18H,17H2,(H,23,24)(H,25,26,27)(H,28,29,30)/b19-13+. The maximum absolute atomic E-state index is 12.7. The number of nitrogens with one attached hydrogen (secondary N) is 1. The Labute approximate surface area is 180 Å². The van der Waals surface area contributed by atoms with Gasteiger partial charge >= 0.3 is 11.9 Å². The molecule has 0 aliphatic carbocycles. The molecule has 6 N–H and O–H groups in total. The van der Waals surface area contributed by atoms with Crippen LogP contribution in [0.5, 0.6) is 0 Å². The molecular weight excluding hydrogens is 470 g/mol. The highest BCUT2D eigenvalue weighted by atomic mass is 32.2. The Kier molecular flexibility index (Phi) is 5.71. The van der Waals surface area contributed by atoms with Crippen molar-refractivity contribution in [3.8, 4) is 0 Å². The average molecular weight is 483 g/mol. The van der Waals surface area contributed by atoms with Crippen LogP contribution in [0.2, 0.25) is 0 Å². The van der Waals surface area contributed by atoms with Crippen molar-refractivity contribution < 1.29 is 40.6 Å². The predicted octanol–water partition coefficient (Wildman–Crippen LogP) is 0.0175. The summed E-state index contributed by atoms with van der Waals surface area (Å²) >= 11 is 0. The lowest BCUT2D eigenvalue weighted by molar-refractivity contribution is -0.129. The molecular formula is C16H13N5O9S2. The number of carbonyl (C=O) groups excluding carboxylic acids is 1. The minimum Gasteiger partial charge on any atom is -0.476 e. The van der Waals surface area contributed by atoms with Crippen LogP contribution in [0.4, 0.5) is 17.1 Å². The van der Waals surface area contributed by atoms with E-state index in [-0.39, 0.29) is 17.1 Å². The largest absolute Gasteiger partial charge is 0.476 e. The zero-order chi connectivity index (χ0) is 23.8. The molecule has 0 bridgehead atoms. The molecule has 0 atom stereocenters. The lowest BCUT2D eigenvalue weighted by atomic mass is 10.2. The van der Waals surface area contributed by atoms with E-state index in [1.807, 2.05) is 0 Å². The topological polar surface area (TPSA) is 229 Å². The van der Waals surface area contributed by atoms with E-state index in [1.165, 1.54) is 6.07 Å². The molecule has 1 amide bonds. The van der Waals surface area contributed by atoms with Gasteiger partial charge in [0.15, 0.2) is 5.71 Å². The van der Waals surface area contributed by atoms with Gasteiger partial charge in [0.25, 0.3) is 20.2 Å². The molecule has 14 nitrogen and oxygen atoms in total. The minimum absolute atomic E-state index is 0.0473. The quantitative estimate of drug-likeness (QED) is 0.209. The first-order chi connectivity index (χ1) is 14.8. The SMILES string of the molecule is Nc1ccc(S(=O)(=O)O)c(N/N=C2/C(=O)N(c3ccc(S(=O)(=O)O)cc3)N=C2C(=O)O)c1. The van der Waals surface area contributed by atoms with E-state index in [2.05, 4.69) is 15.6 Å². The molecule has 1 heterocycles. The number of carbonyl (C=O) groups is 2. The van der Waals surface area contributed by atoms with Crippen LogP contribution in [0, 0.1) is 0 Å². The highest BCUT2D eigenvalue weighted by molar-refractivity contribution is 7.86. The highest BCUT2D eigenvalue weighted by Gasteiger charge is 2.37. The van der Waals surface area contributed by atoms with Gasteiger partial charge in [-0.2, -0.15) is 32.0 Å². The molecule has 32 heavy (non-hydrogen) atoms. The van der Waals surface area contributed by atoms with Crippen molar-refractivity contribution in [1.29, 1.82) is 0 Å². The summed E-state index contributed by atoms with van der Waals surface area (Å²) in [5.74, 6) is -2.69. The van der Waals surface area contributed by atoms with E-state index in [9.17, 15) is 36.1 Å². The molecule has 0 fully saturated rings. The van der Waals surface area contributed by atoms with E-state index in [0.717, 1.165) is 36.4 Å². The van der Waals surface area contributed by atoms with E-state index >= 15 is 0 Å². The Morgan fingerprint density at radius 2 is 1.66 bits per heavy atom. The van der Waals surface area contributed by atoms with Gasteiger partial charge in [-0.3, -0.25) is 19.3 Å². The molecule has 0 unspecified atom stereocenters. The molecule has 0 saturated carbocycles. The van der Waals surface area contributed by atoms with Gasteiger partial charge in [-0.1, -0.05) is 0 Å². The maximum atomic E-state index is 12.7. The van der Waals surface area contributed by atoms with Crippen LogP contribution in [0.15, 0.2) is 62.5 Å². The maximum Gasteiger partial charge on any atom is 0.358 e. The Bertz CT molecular complexity index is 1400. The fourth-order valence-corrected chi connectivity index (χ4v) is 3.65.